The number of carbonyl (C=O) groups is 2. The summed E-state index contributed by atoms with van der Waals surface area (Å²) in [7, 11) is 0. The van der Waals surface area contributed by atoms with Gasteiger partial charge in [-0.15, -0.1) is 5.69 Å². The van der Waals surface area contributed by atoms with Gasteiger partial charge in [-0.2, -0.15) is 6.20 Å². The number of aromatic hydroxyl groups is 2. The molecule has 1 aliphatic heterocycles. The number of allylic oxidation sites excluding steroid dienone is 1. The number of hydrogen-bond acceptors (Lipinski definition) is 6. The molecule has 310 valence electrons. The van der Waals surface area contributed by atoms with Gasteiger partial charge in [0, 0.05) is 36.5 Å². The van der Waals surface area contributed by atoms with Gasteiger partial charge in [0.1, 0.15) is 11.5 Å². The lowest BCUT2D eigenvalue weighted by molar-refractivity contribution is -0.135. The molecule has 4 N–H and O–H groups in total. The van der Waals surface area contributed by atoms with Crippen LogP contribution < -0.4 is 9.72 Å². The van der Waals surface area contributed by atoms with Gasteiger partial charge >= 0.3 is 0 Å². The van der Waals surface area contributed by atoms with Crippen LogP contribution in [0.15, 0.2) is 90.8 Å². The van der Waals surface area contributed by atoms with Crippen molar-refractivity contribution >= 4 is 29.5 Å². The normalized spacial score (nSPS) is 22.2. The second-order valence-corrected chi connectivity index (χ2v) is 17.2. The largest absolute Gasteiger partial charge is 0.664 e. The van der Waals surface area contributed by atoms with E-state index in [-0.39, 0.29) is 67.0 Å². The molecule has 4 atom stereocenters. The van der Waals surface area contributed by atoms with Crippen molar-refractivity contribution in [3.8, 4) is 17.2 Å². The maximum absolute atomic E-state index is 15.3. The number of aliphatic hydroxyl groups excluding tert-OH is 1. The molecule has 3 aromatic carbocycles. The van der Waals surface area contributed by atoms with Crippen LogP contribution in [0, 0.1) is 17.8 Å². The van der Waals surface area contributed by atoms with Crippen LogP contribution in [0.25, 0.3) is 17.5 Å². The first kappa shape index (κ1) is 39.6. The van der Waals surface area contributed by atoms with Crippen LogP contribution in [0.5, 0.6) is 17.2 Å². The lowest BCUT2D eigenvalue weighted by Crippen LogP contribution is -2.37. The van der Waals surface area contributed by atoms with E-state index in [4.69, 9.17) is 15.0 Å². The Morgan fingerprint density at radius 1 is 0.833 bits per heavy atom. The number of hydrogen-bond donors (Lipinski definition) is 4. The Kier molecular flexibility index (Phi) is 11.5. The molecule has 3 heterocycles. The third kappa shape index (κ3) is 8.33. The van der Waals surface area contributed by atoms with Crippen LogP contribution in [0.3, 0.4) is 0 Å². The molecule has 2 aromatic heterocycles. The van der Waals surface area contributed by atoms with Gasteiger partial charge in [-0.05, 0) is 123 Å². The Hall–Kier alpha value is -5.80. The summed E-state index contributed by atoms with van der Waals surface area (Å²) in [5, 5.41) is 37.8. The molecule has 1 saturated carbocycles. The number of ketones is 2. The minimum atomic E-state index is -1.02. The number of ether oxygens (including phenoxy) is 1. The number of aromatic amines is 1. The molecule has 0 saturated heterocycles. The zero-order valence-electron chi connectivity index (χ0n) is 34.0. The van der Waals surface area contributed by atoms with Gasteiger partial charge in [0.2, 0.25) is 0 Å². The van der Waals surface area contributed by atoms with Crippen molar-refractivity contribution in [2.45, 2.75) is 89.1 Å². The Morgan fingerprint density at radius 2 is 1.65 bits per heavy atom. The van der Waals surface area contributed by atoms with Crippen molar-refractivity contribution in [3.63, 3.8) is 0 Å². The van der Waals surface area contributed by atoms with E-state index in [1.54, 1.807) is 12.3 Å². The summed E-state index contributed by atoms with van der Waals surface area (Å²) >= 11 is 0. The highest BCUT2D eigenvalue weighted by Crippen LogP contribution is 2.47. The van der Waals surface area contributed by atoms with Crippen LogP contribution in [0.4, 0.5) is 5.82 Å². The topological polar surface area (TPSA) is 148 Å². The summed E-state index contributed by atoms with van der Waals surface area (Å²) in [5.41, 5.74) is 9.30. The van der Waals surface area contributed by atoms with Gasteiger partial charge in [0.25, 0.3) is 0 Å². The number of aryl methyl sites for hydroxylation is 2. The minimum Gasteiger partial charge on any atom is -0.664 e. The minimum absolute atomic E-state index is 0.0303. The molecule has 1 fully saturated rings. The lowest BCUT2D eigenvalue weighted by Gasteiger charge is -2.38. The molecule has 60 heavy (non-hydrogen) atoms. The maximum Gasteiger partial charge on any atom is 0.161 e. The van der Waals surface area contributed by atoms with Crippen molar-refractivity contribution in [2.24, 2.45) is 17.8 Å². The second kappa shape index (κ2) is 17.4. The number of Topliss-reactive ketones (excluding diaryl/α,β-unsaturated/α-hetero) is 2. The van der Waals surface area contributed by atoms with Gasteiger partial charge in [-0.25, -0.2) is 0 Å². The number of H-pyrrole nitrogens is 1. The molecule has 0 radical (unpaired) electrons. The molecule has 9 nitrogen and oxygen atoms in total. The Bertz CT molecular complexity index is 2430. The zero-order chi connectivity index (χ0) is 41.2. The van der Waals surface area contributed by atoms with E-state index in [1.807, 2.05) is 54.7 Å². The summed E-state index contributed by atoms with van der Waals surface area (Å²) in [6, 6.07) is 21.9. The second-order valence-electron chi connectivity index (χ2n) is 17.2. The van der Waals surface area contributed by atoms with Gasteiger partial charge < -0.3 is 35.3 Å². The number of nitrogens with one attached hydrogen (secondary N) is 1. The van der Waals surface area contributed by atoms with Crippen molar-refractivity contribution in [1.29, 1.82) is 0 Å². The monoisotopic (exact) mass is 803 g/mol. The number of aliphatic hydroxyl groups is 1. The Labute approximate surface area is 351 Å². The van der Waals surface area contributed by atoms with E-state index in [0.29, 0.717) is 31.4 Å². The van der Waals surface area contributed by atoms with E-state index in [9.17, 15) is 20.1 Å². The van der Waals surface area contributed by atoms with Crippen molar-refractivity contribution in [2.75, 3.05) is 13.2 Å². The van der Waals surface area contributed by atoms with Gasteiger partial charge in [0.05, 0.1) is 12.0 Å². The summed E-state index contributed by atoms with van der Waals surface area (Å²) in [4.78, 5) is 37.9. The number of nitrogens with zero attached hydrogens (tertiary/aromatic N) is 2. The molecule has 9 rings (SSSR count). The molecule has 5 aromatic rings. The van der Waals surface area contributed by atoms with Crippen molar-refractivity contribution in [1.82, 2.24) is 9.97 Å². The smallest absolute Gasteiger partial charge is 0.161 e. The number of phenols is 2. The van der Waals surface area contributed by atoms with Gasteiger partial charge in [0.15, 0.2) is 17.3 Å². The highest BCUT2D eigenvalue weighted by molar-refractivity contribution is 6.05. The molecule has 4 unspecified atom stereocenters. The Morgan fingerprint density at radius 3 is 2.48 bits per heavy atom. The van der Waals surface area contributed by atoms with Crippen LogP contribution in [0.1, 0.15) is 107 Å². The highest BCUT2D eigenvalue weighted by atomic mass is 16.5. The van der Waals surface area contributed by atoms with Crippen LogP contribution >= 0.6 is 0 Å². The van der Waals surface area contributed by atoms with E-state index in [2.05, 4.69) is 35.3 Å². The molecule has 0 amide bonds. The maximum atomic E-state index is 15.3. The molecule has 3 aliphatic carbocycles. The van der Waals surface area contributed by atoms with E-state index < -0.39 is 11.8 Å². The molecule has 9 heteroatoms. The van der Waals surface area contributed by atoms with Crippen molar-refractivity contribution < 1.29 is 29.6 Å². The highest BCUT2D eigenvalue weighted by Gasteiger charge is 2.41. The summed E-state index contributed by atoms with van der Waals surface area (Å²) < 4.78 is 6.42. The summed E-state index contributed by atoms with van der Waals surface area (Å²) in [5.74, 6) is -0.713. The molecule has 4 aliphatic rings. The van der Waals surface area contributed by atoms with Gasteiger partial charge in [-0.3, -0.25) is 9.59 Å². The predicted octanol–water partition coefficient (Wildman–Crippen LogP) is 9.44. The van der Waals surface area contributed by atoms with E-state index >= 15 is 4.79 Å². The molecule has 0 spiro atoms. The summed E-state index contributed by atoms with van der Waals surface area (Å²) in [6.07, 6.45) is 17.8. The number of benzene rings is 3. The van der Waals surface area contributed by atoms with Crippen LogP contribution in [0.2, 0.25) is 0 Å². The third-order valence-electron chi connectivity index (χ3n) is 13.3. The standard InChI is InChI=1S/C51H53N3O6/c55-22-19-42-46(57)16-13-34-26-37(49(58)47(28-34)60-39-8-1-2-9-39)25-33-6-3-5-32(23-33)24-36-17-20-53-51(36)54-30-38-29-44-41(18-21-52-44)43(48(38)50(42)59)27-31-11-14-35-7-4-10-45(56)40(35)15-12-31/h3-7,10,12,15,17-18,20-21,23,26,28-29,31,39,42-43,48,53,55-56,58H,1-2,8-9,11,13-14,16,19,22,24-25,27,30H2/q-2. The lowest BCUT2D eigenvalue weighted by atomic mass is 9.67. The van der Waals surface area contributed by atoms with Crippen LogP contribution in [-0.2, 0) is 35.3 Å². The molecular formula is C51H53N3O6-2. The first-order valence-electron chi connectivity index (χ1n) is 21.7. The van der Waals surface area contributed by atoms with Crippen molar-refractivity contribution in [3.05, 3.63) is 146 Å². The van der Waals surface area contributed by atoms with E-state index in [1.165, 1.54) is 0 Å². The first-order valence-corrected chi connectivity index (χ1v) is 21.7. The fraction of sp³-hybridized carbons (Fsp3) is 0.373. The number of carbonyl (C=O) groups excluding carboxylic acids is 2. The average Bonchev–Trinajstić information content (AvgIpc) is 4.01. The van der Waals surface area contributed by atoms with E-state index in [0.717, 1.165) is 100 Å². The number of aromatic nitrogens is 2. The quantitative estimate of drug-likeness (QED) is 0.125. The first-order chi connectivity index (χ1) is 29.3. The average molecular weight is 804 g/mol. The number of phenolic OH excluding ortho intramolecular Hbond substituents is 2. The zero-order valence-corrected chi connectivity index (χ0v) is 34.0. The fourth-order valence-corrected chi connectivity index (χ4v) is 10.2. The number of rotatable bonds is 6. The fourth-order valence-electron chi connectivity index (χ4n) is 10.2. The number of fused-ring (bicyclic) bond motifs is 8. The third-order valence-corrected chi connectivity index (χ3v) is 13.3. The SMILES string of the molecule is O=C1CCc2cc(c(O)c(OC3CCCC3)c2)Cc2cccc(c2)Cc2cc[nH]c2[N-]CC2=Cc3[n-]ccc3C(CC3C=Cc4c(O)cccc4CC3)C2C(=O)C1CCO. The van der Waals surface area contributed by atoms with Crippen LogP contribution in [-0.4, -0.2) is 51.1 Å². The summed E-state index contributed by atoms with van der Waals surface area (Å²) in [6.45, 7) is -0.0617. The molecule has 4 bridgehead atoms. The predicted molar refractivity (Wildman–Crippen MR) is 233 cm³/mol. The Balaban J connectivity index is 1.10. The molecular weight excluding hydrogens is 751 g/mol. The van der Waals surface area contributed by atoms with Gasteiger partial charge in [-0.1, -0.05) is 96.0 Å².